The molecule has 2 N–H and O–H groups in total. The summed E-state index contributed by atoms with van der Waals surface area (Å²) in [6, 6.07) is 0. The maximum atomic E-state index is 10.5. The van der Waals surface area contributed by atoms with Crippen molar-refractivity contribution < 1.29 is 9.63 Å². The van der Waals surface area contributed by atoms with Crippen LogP contribution in [-0.2, 0) is 9.63 Å². The Morgan fingerprint density at radius 2 is 2.67 bits per heavy atom. The van der Waals surface area contributed by atoms with Crippen LogP contribution in [0.25, 0.3) is 0 Å². The predicted octanol–water partition coefficient (Wildman–Crippen LogP) is 1.13. The van der Waals surface area contributed by atoms with E-state index < -0.39 is 0 Å². The Labute approximate surface area is 91.3 Å². The molecule has 0 saturated heterocycles. The summed E-state index contributed by atoms with van der Waals surface area (Å²) in [6.07, 6.45) is 4.00. The first-order valence-corrected chi connectivity index (χ1v) is 5.06. The largest absolute Gasteiger partial charge is 0.395 e. The lowest BCUT2D eigenvalue weighted by Crippen LogP contribution is -2.04. The number of hydrogen-bond acceptors (Lipinski definition) is 6. The zero-order valence-electron chi connectivity index (χ0n) is 7.97. The highest BCUT2D eigenvalue weighted by Crippen LogP contribution is 2.11. The summed E-state index contributed by atoms with van der Waals surface area (Å²) in [6.45, 7) is 3.90. The first-order chi connectivity index (χ1) is 7.27. The second-order valence-corrected chi connectivity index (χ2v) is 3.41. The Morgan fingerprint density at radius 1 is 1.87 bits per heavy atom. The molecule has 1 aromatic rings. The molecule has 1 rings (SSSR count). The van der Waals surface area contributed by atoms with Crippen LogP contribution >= 0.6 is 11.3 Å². The second-order valence-electron chi connectivity index (χ2n) is 2.52. The van der Waals surface area contributed by atoms with Crippen LogP contribution in [-0.4, -0.2) is 23.6 Å². The molecule has 15 heavy (non-hydrogen) atoms. The highest BCUT2D eigenvalue weighted by Gasteiger charge is 2.08. The van der Waals surface area contributed by atoms with Crippen LogP contribution in [0.15, 0.2) is 23.2 Å². The summed E-state index contributed by atoms with van der Waals surface area (Å²) in [4.78, 5) is 19.3. The molecule has 0 aromatic carbocycles. The molecule has 79 valence electrons. The van der Waals surface area contributed by atoms with Crippen molar-refractivity contribution in [3.63, 3.8) is 0 Å². The number of nitrogen functional groups attached to an aromatic ring is 1. The van der Waals surface area contributed by atoms with Crippen LogP contribution < -0.4 is 5.73 Å². The molecule has 0 saturated carbocycles. The van der Waals surface area contributed by atoms with Gasteiger partial charge in [0.25, 0.3) is 6.29 Å². The van der Waals surface area contributed by atoms with Gasteiger partial charge in [-0.25, -0.2) is 4.98 Å². The number of anilines is 1. The maximum Gasteiger partial charge on any atom is 0.259 e. The smallest absolute Gasteiger partial charge is 0.259 e. The number of nitrogens with zero attached hydrogens (tertiary/aromatic N) is 2. The van der Waals surface area contributed by atoms with Crippen molar-refractivity contribution in [1.82, 2.24) is 4.98 Å². The fourth-order valence-electron chi connectivity index (χ4n) is 0.760. The Hall–Kier alpha value is -1.69. The summed E-state index contributed by atoms with van der Waals surface area (Å²) in [5.41, 5.74) is 5.82. The fourth-order valence-corrected chi connectivity index (χ4v) is 1.31. The first-order valence-electron chi connectivity index (χ1n) is 4.18. The molecule has 0 fully saturated rings. The van der Waals surface area contributed by atoms with E-state index in [0.29, 0.717) is 23.9 Å². The quantitative estimate of drug-likeness (QED) is 0.340. The lowest BCUT2D eigenvalue weighted by molar-refractivity contribution is 0.150. The van der Waals surface area contributed by atoms with Gasteiger partial charge in [0.05, 0.1) is 0 Å². The zero-order chi connectivity index (χ0) is 11.1. The van der Waals surface area contributed by atoms with Gasteiger partial charge in [-0.2, -0.15) is 0 Å². The van der Waals surface area contributed by atoms with E-state index in [9.17, 15) is 4.79 Å². The lowest BCUT2D eigenvalue weighted by atomic mass is 10.3. The monoisotopic (exact) mass is 224 g/mol. The third-order valence-corrected chi connectivity index (χ3v) is 2.10. The van der Waals surface area contributed by atoms with E-state index in [2.05, 4.69) is 16.7 Å². The average Bonchev–Trinajstić information content (AvgIpc) is 2.65. The molecular weight excluding hydrogens is 214 g/mol. The number of aromatic nitrogens is 1. The van der Waals surface area contributed by atoms with Crippen LogP contribution in [0, 0.1) is 0 Å². The van der Waals surface area contributed by atoms with E-state index in [-0.39, 0.29) is 5.71 Å². The number of hydrogen-bond donors (Lipinski definition) is 1. The number of oxime groups is 1. The van der Waals surface area contributed by atoms with Gasteiger partial charge in [-0.3, -0.25) is 4.79 Å². The molecule has 0 aliphatic heterocycles. The third-order valence-electron chi connectivity index (χ3n) is 1.43. The van der Waals surface area contributed by atoms with Crippen LogP contribution in [0.5, 0.6) is 0 Å². The number of rotatable bonds is 6. The van der Waals surface area contributed by atoms with Gasteiger partial charge in [-0.15, -0.1) is 17.9 Å². The van der Waals surface area contributed by atoms with Gasteiger partial charge in [0.1, 0.15) is 12.3 Å². The van der Waals surface area contributed by atoms with Crippen LogP contribution in [0.2, 0.25) is 0 Å². The van der Waals surface area contributed by atoms with E-state index in [0.717, 1.165) is 0 Å². The minimum absolute atomic E-state index is 0.0204. The molecule has 1 heterocycles. The zero-order valence-corrected chi connectivity index (χ0v) is 8.79. The molecule has 0 atom stereocenters. The fraction of sp³-hybridized carbons (Fsp3) is 0.222. The van der Waals surface area contributed by atoms with E-state index >= 15 is 0 Å². The minimum Gasteiger partial charge on any atom is -0.395 e. The standard InChI is InChI=1S/C9H10N3O2S/c1-2-3-4-14-12-7(5-13)8-6-15-9(10)11-8/h2,6H,1,3-4H2,(H2,10,11)/b12-7+. The molecule has 0 bridgehead atoms. The van der Waals surface area contributed by atoms with E-state index in [1.807, 2.05) is 0 Å². The molecule has 6 heteroatoms. The van der Waals surface area contributed by atoms with Crippen molar-refractivity contribution in [2.45, 2.75) is 6.42 Å². The highest BCUT2D eigenvalue weighted by molar-refractivity contribution is 7.13. The normalized spacial score (nSPS) is 11.1. The van der Waals surface area contributed by atoms with Crippen LogP contribution in [0.1, 0.15) is 12.1 Å². The molecule has 1 aromatic heterocycles. The van der Waals surface area contributed by atoms with Gasteiger partial charge in [-0.05, 0) is 0 Å². The molecule has 0 spiro atoms. The summed E-state index contributed by atoms with van der Waals surface area (Å²) >= 11 is 1.23. The first kappa shape index (κ1) is 11.4. The SMILES string of the molecule is C=CCCO/N=C(\[C]=O)c1csc(N)n1. The Bertz CT molecular complexity index is 373. The van der Waals surface area contributed by atoms with Crippen molar-refractivity contribution in [2.24, 2.45) is 5.16 Å². The molecule has 0 aliphatic carbocycles. The van der Waals surface area contributed by atoms with Gasteiger partial charge in [-0.1, -0.05) is 11.2 Å². The summed E-state index contributed by atoms with van der Waals surface area (Å²) in [7, 11) is 0. The molecule has 0 amide bonds. The maximum absolute atomic E-state index is 10.5. The van der Waals surface area contributed by atoms with Gasteiger partial charge in [0.15, 0.2) is 10.8 Å². The summed E-state index contributed by atoms with van der Waals surface area (Å²) in [5.74, 6) is 0. The highest BCUT2D eigenvalue weighted by atomic mass is 32.1. The number of thiazole rings is 1. The van der Waals surface area contributed by atoms with E-state index in [1.54, 1.807) is 17.7 Å². The average molecular weight is 224 g/mol. The van der Waals surface area contributed by atoms with Crippen molar-refractivity contribution >= 4 is 28.5 Å². The summed E-state index contributed by atoms with van der Waals surface area (Å²) < 4.78 is 0. The van der Waals surface area contributed by atoms with Crippen molar-refractivity contribution in [3.05, 3.63) is 23.7 Å². The van der Waals surface area contributed by atoms with E-state index in [4.69, 9.17) is 10.6 Å². The van der Waals surface area contributed by atoms with Gasteiger partial charge in [0.2, 0.25) is 0 Å². The van der Waals surface area contributed by atoms with Crippen LogP contribution in [0.3, 0.4) is 0 Å². The molecular formula is C9H10N3O2S. The lowest BCUT2D eigenvalue weighted by Gasteiger charge is -1.95. The molecule has 5 nitrogen and oxygen atoms in total. The van der Waals surface area contributed by atoms with Crippen molar-refractivity contribution in [2.75, 3.05) is 12.3 Å². The Kier molecular flexibility index (Phi) is 4.49. The van der Waals surface area contributed by atoms with Crippen molar-refractivity contribution in [1.29, 1.82) is 0 Å². The molecule has 0 aliphatic rings. The minimum atomic E-state index is 0.0204. The third kappa shape index (κ3) is 3.51. The summed E-state index contributed by atoms with van der Waals surface area (Å²) in [5, 5.41) is 5.59. The number of nitrogens with two attached hydrogens (primary N) is 1. The van der Waals surface area contributed by atoms with E-state index in [1.165, 1.54) is 11.3 Å². The Balaban J connectivity index is 2.62. The Morgan fingerprint density at radius 3 is 3.20 bits per heavy atom. The topological polar surface area (TPSA) is 77.6 Å². The second kappa shape index (κ2) is 5.92. The van der Waals surface area contributed by atoms with Crippen LogP contribution in [0.4, 0.5) is 5.13 Å². The van der Waals surface area contributed by atoms with Crippen molar-refractivity contribution in [3.8, 4) is 0 Å². The predicted molar refractivity (Wildman–Crippen MR) is 59.5 cm³/mol. The number of carbonyl (C=O) groups excluding carboxylic acids is 1. The van der Waals surface area contributed by atoms with Gasteiger partial charge >= 0.3 is 0 Å². The molecule has 0 unspecified atom stereocenters. The van der Waals surface area contributed by atoms with Gasteiger partial charge in [0, 0.05) is 11.8 Å². The molecule has 1 radical (unpaired) electrons. The van der Waals surface area contributed by atoms with Gasteiger partial charge < -0.3 is 10.6 Å².